The SMILES string of the molecule is CC(C(=O)Nc1ccc(N2CCOCC2)cc1)N1CCC(n2cncn2)CC1. The second-order valence-corrected chi connectivity index (χ2v) is 7.45. The van der Waals surface area contributed by atoms with Gasteiger partial charge in [0.15, 0.2) is 0 Å². The number of carbonyl (C=O) groups excluding carboxylic acids is 1. The van der Waals surface area contributed by atoms with Crippen molar-refractivity contribution in [2.75, 3.05) is 49.6 Å². The summed E-state index contributed by atoms with van der Waals surface area (Å²) in [6.07, 6.45) is 5.31. The van der Waals surface area contributed by atoms with Gasteiger partial charge in [0.05, 0.1) is 25.3 Å². The van der Waals surface area contributed by atoms with Crippen LogP contribution in [0.2, 0.25) is 0 Å². The van der Waals surface area contributed by atoms with Gasteiger partial charge in [-0.05, 0) is 44.0 Å². The number of likely N-dealkylation sites (tertiary alicyclic amines) is 1. The minimum atomic E-state index is -0.157. The van der Waals surface area contributed by atoms with Crippen LogP contribution in [0.3, 0.4) is 0 Å². The molecule has 0 aliphatic carbocycles. The maximum Gasteiger partial charge on any atom is 0.241 e. The molecule has 0 saturated carbocycles. The highest BCUT2D eigenvalue weighted by Gasteiger charge is 2.27. The number of hydrogen-bond acceptors (Lipinski definition) is 6. The first-order valence-electron chi connectivity index (χ1n) is 10.0. The highest BCUT2D eigenvalue weighted by atomic mass is 16.5. The number of aromatic nitrogens is 3. The van der Waals surface area contributed by atoms with Gasteiger partial charge in [-0.2, -0.15) is 5.10 Å². The van der Waals surface area contributed by atoms with E-state index in [0.717, 1.165) is 57.9 Å². The Bertz CT molecular complexity index is 750. The number of anilines is 2. The lowest BCUT2D eigenvalue weighted by Gasteiger charge is -2.35. The molecule has 1 unspecified atom stereocenters. The summed E-state index contributed by atoms with van der Waals surface area (Å²) in [6.45, 7) is 7.10. The lowest BCUT2D eigenvalue weighted by atomic mass is 10.0. The van der Waals surface area contributed by atoms with Gasteiger partial charge in [0.25, 0.3) is 0 Å². The monoisotopic (exact) mass is 384 g/mol. The standard InChI is InChI=1S/C20H28N6O2/c1-16(24-8-6-19(7-9-24)26-15-21-14-22-26)20(27)23-17-2-4-18(5-3-17)25-10-12-28-13-11-25/h2-5,14-16,19H,6-13H2,1H3,(H,23,27). The van der Waals surface area contributed by atoms with E-state index in [2.05, 4.69) is 37.3 Å². The van der Waals surface area contributed by atoms with Crippen LogP contribution in [-0.2, 0) is 9.53 Å². The number of amides is 1. The molecule has 1 amide bonds. The first-order valence-corrected chi connectivity index (χ1v) is 10.0. The Morgan fingerprint density at radius 3 is 2.50 bits per heavy atom. The minimum Gasteiger partial charge on any atom is -0.378 e. The third-order valence-corrected chi connectivity index (χ3v) is 5.75. The van der Waals surface area contributed by atoms with Gasteiger partial charge in [-0.15, -0.1) is 0 Å². The van der Waals surface area contributed by atoms with E-state index >= 15 is 0 Å². The zero-order valence-electron chi connectivity index (χ0n) is 16.3. The topological polar surface area (TPSA) is 75.5 Å². The summed E-state index contributed by atoms with van der Waals surface area (Å²) >= 11 is 0. The summed E-state index contributed by atoms with van der Waals surface area (Å²) in [5, 5.41) is 7.30. The summed E-state index contributed by atoms with van der Waals surface area (Å²) in [4.78, 5) is 21.3. The second kappa shape index (κ2) is 8.70. The van der Waals surface area contributed by atoms with Crippen LogP contribution in [0.15, 0.2) is 36.9 Å². The summed E-state index contributed by atoms with van der Waals surface area (Å²) < 4.78 is 7.33. The lowest BCUT2D eigenvalue weighted by molar-refractivity contribution is -0.121. The molecule has 8 nitrogen and oxygen atoms in total. The molecule has 0 spiro atoms. The predicted molar refractivity (Wildman–Crippen MR) is 107 cm³/mol. The third kappa shape index (κ3) is 4.34. The molecule has 150 valence electrons. The molecule has 8 heteroatoms. The minimum absolute atomic E-state index is 0.0401. The Kier molecular flexibility index (Phi) is 5.87. The van der Waals surface area contributed by atoms with Crippen molar-refractivity contribution in [3.05, 3.63) is 36.9 Å². The van der Waals surface area contributed by atoms with Crippen LogP contribution in [0.5, 0.6) is 0 Å². The molecule has 2 saturated heterocycles. The number of ether oxygens (including phenoxy) is 1. The van der Waals surface area contributed by atoms with E-state index in [1.165, 1.54) is 5.69 Å². The zero-order valence-corrected chi connectivity index (χ0v) is 16.3. The van der Waals surface area contributed by atoms with Crippen LogP contribution in [0.1, 0.15) is 25.8 Å². The van der Waals surface area contributed by atoms with E-state index in [-0.39, 0.29) is 11.9 Å². The Morgan fingerprint density at radius 2 is 1.86 bits per heavy atom. The molecule has 3 heterocycles. The average molecular weight is 384 g/mol. The molecule has 4 rings (SSSR count). The largest absolute Gasteiger partial charge is 0.378 e. The van der Waals surface area contributed by atoms with E-state index < -0.39 is 0 Å². The number of hydrogen-bond donors (Lipinski definition) is 1. The molecule has 0 radical (unpaired) electrons. The smallest absolute Gasteiger partial charge is 0.241 e. The van der Waals surface area contributed by atoms with Gasteiger partial charge in [-0.1, -0.05) is 0 Å². The van der Waals surface area contributed by atoms with Gasteiger partial charge >= 0.3 is 0 Å². The Labute approximate surface area is 165 Å². The summed E-state index contributed by atoms with van der Waals surface area (Å²) in [6, 6.07) is 8.31. The molecule has 0 bridgehead atoms. The number of piperidine rings is 1. The number of nitrogens with zero attached hydrogens (tertiary/aromatic N) is 5. The molecule has 1 atom stereocenters. The number of benzene rings is 1. The van der Waals surface area contributed by atoms with Crippen molar-refractivity contribution in [2.45, 2.75) is 31.8 Å². The Morgan fingerprint density at radius 1 is 1.14 bits per heavy atom. The van der Waals surface area contributed by atoms with Gasteiger partial charge in [0.1, 0.15) is 12.7 Å². The Hall–Kier alpha value is -2.45. The summed E-state index contributed by atoms with van der Waals surface area (Å²) in [7, 11) is 0. The van der Waals surface area contributed by atoms with Gasteiger partial charge < -0.3 is 15.0 Å². The van der Waals surface area contributed by atoms with E-state index in [1.807, 2.05) is 23.7 Å². The fraction of sp³-hybridized carbons (Fsp3) is 0.550. The van der Waals surface area contributed by atoms with Gasteiger partial charge in [0.2, 0.25) is 5.91 Å². The average Bonchev–Trinajstić information content (AvgIpc) is 3.29. The quantitative estimate of drug-likeness (QED) is 0.847. The van der Waals surface area contributed by atoms with Crippen LogP contribution < -0.4 is 10.2 Å². The number of nitrogens with one attached hydrogen (secondary N) is 1. The fourth-order valence-corrected chi connectivity index (χ4v) is 3.93. The fourth-order valence-electron chi connectivity index (χ4n) is 3.93. The predicted octanol–water partition coefficient (Wildman–Crippen LogP) is 1.78. The zero-order chi connectivity index (χ0) is 19.3. The molecule has 2 aliphatic rings. The van der Waals surface area contributed by atoms with Crippen molar-refractivity contribution in [1.29, 1.82) is 0 Å². The van der Waals surface area contributed by atoms with Gasteiger partial charge in [0, 0.05) is 37.6 Å². The molecule has 1 aromatic carbocycles. The van der Waals surface area contributed by atoms with Crippen LogP contribution in [0.25, 0.3) is 0 Å². The van der Waals surface area contributed by atoms with Crippen molar-refractivity contribution < 1.29 is 9.53 Å². The van der Waals surface area contributed by atoms with Crippen LogP contribution in [0.4, 0.5) is 11.4 Å². The molecule has 2 fully saturated rings. The first kappa shape index (κ1) is 18.9. The number of morpholine rings is 1. The van der Waals surface area contributed by atoms with Crippen molar-refractivity contribution >= 4 is 17.3 Å². The lowest BCUT2D eigenvalue weighted by Crippen LogP contribution is -2.46. The molecular weight excluding hydrogens is 356 g/mol. The maximum atomic E-state index is 12.7. The third-order valence-electron chi connectivity index (χ3n) is 5.75. The van der Waals surface area contributed by atoms with Gasteiger partial charge in [-0.25, -0.2) is 9.67 Å². The number of rotatable bonds is 5. The first-order chi connectivity index (χ1) is 13.7. The molecule has 1 aromatic heterocycles. The molecule has 2 aliphatic heterocycles. The Balaban J connectivity index is 1.28. The van der Waals surface area contributed by atoms with Crippen molar-refractivity contribution in [3.63, 3.8) is 0 Å². The highest BCUT2D eigenvalue weighted by Crippen LogP contribution is 2.23. The van der Waals surface area contributed by atoms with Crippen molar-refractivity contribution in [3.8, 4) is 0 Å². The molecule has 2 aromatic rings. The summed E-state index contributed by atoms with van der Waals surface area (Å²) in [5.41, 5.74) is 2.01. The van der Waals surface area contributed by atoms with Crippen LogP contribution in [0, 0.1) is 0 Å². The maximum absolute atomic E-state index is 12.7. The van der Waals surface area contributed by atoms with Crippen LogP contribution >= 0.6 is 0 Å². The second-order valence-electron chi connectivity index (χ2n) is 7.45. The van der Waals surface area contributed by atoms with E-state index in [4.69, 9.17) is 4.74 Å². The summed E-state index contributed by atoms with van der Waals surface area (Å²) in [5.74, 6) is 0.0401. The highest BCUT2D eigenvalue weighted by molar-refractivity contribution is 5.94. The van der Waals surface area contributed by atoms with Crippen LogP contribution in [-0.4, -0.2) is 71.0 Å². The molecular formula is C20H28N6O2. The van der Waals surface area contributed by atoms with E-state index in [9.17, 15) is 4.79 Å². The molecule has 28 heavy (non-hydrogen) atoms. The van der Waals surface area contributed by atoms with Crippen molar-refractivity contribution in [2.24, 2.45) is 0 Å². The normalized spacial score (nSPS) is 20.1. The van der Waals surface area contributed by atoms with E-state index in [1.54, 1.807) is 12.7 Å². The number of carbonyl (C=O) groups is 1. The molecule has 1 N–H and O–H groups in total. The van der Waals surface area contributed by atoms with Gasteiger partial charge in [-0.3, -0.25) is 9.69 Å². The van der Waals surface area contributed by atoms with Crippen molar-refractivity contribution in [1.82, 2.24) is 19.7 Å². The van der Waals surface area contributed by atoms with E-state index in [0.29, 0.717) is 6.04 Å².